The average Bonchev–Trinajstić information content (AvgIpc) is 3.33. The van der Waals surface area contributed by atoms with Crippen LogP contribution in [0.1, 0.15) is 25.5 Å². The number of hydrogen-bond acceptors (Lipinski definition) is 8. The molecule has 0 fully saturated rings. The summed E-state index contributed by atoms with van der Waals surface area (Å²) in [6.45, 7) is 4.22. The van der Waals surface area contributed by atoms with Crippen LogP contribution < -0.4 is 5.32 Å². The van der Waals surface area contributed by atoms with E-state index in [1.54, 1.807) is 23.9 Å². The predicted octanol–water partition coefficient (Wildman–Crippen LogP) is 7.56. The fraction of sp³-hybridized carbons (Fsp3) is 0.103. The van der Waals surface area contributed by atoms with Gasteiger partial charge < -0.3 is 14.8 Å². The molecule has 182 valence electrons. The van der Waals surface area contributed by atoms with Gasteiger partial charge in [0.2, 0.25) is 5.89 Å². The molecule has 0 aliphatic heterocycles. The Morgan fingerprint density at radius 3 is 2.49 bits per heavy atom. The van der Waals surface area contributed by atoms with E-state index in [0.29, 0.717) is 28.9 Å². The molecular weight excluding hydrogens is 482 g/mol. The number of phenolic OH excluding ortho intramolecular Hbond substituents is 1. The number of fused-ring (bicyclic) bond motifs is 2. The molecule has 0 unspecified atom stereocenters. The smallest absolute Gasteiger partial charge is 0.227 e. The molecule has 6 aromatic rings. The first kappa shape index (κ1) is 23.0. The standard InChI is InChI=1S/C29H23N5O2S/c1-17(2)22-13-12-21-27(32-22)30-16-31-28(21)33-24-14-25-23(34-29(36-25)18-6-4-3-5-7-18)15-26(24)37-20-10-8-19(35)9-11-20/h3-17,35H,1-2H3,(H,30,31,32,33). The normalized spacial score (nSPS) is 11.4. The van der Waals surface area contributed by atoms with Crippen molar-refractivity contribution in [3.63, 3.8) is 0 Å². The zero-order valence-electron chi connectivity index (χ0n) is 20.2. The molecule has 0 saturated heterocycles. The minimum absolute atomic E-state index is 0.225. The quantitative estimate of drug-likeness (QED) is 0.239. The number of nitrogens with one attached hydrogen (secondary N) is 1. The van der Waals surface area contributed by atoms with Crippen LogP contribution in [-0.2, 0) is 0 Å². The second-order valence-electron chi connectivity index (χ2n) is 8.91. The maximum absolute atomic E-state index is 9.71. The summed E-state index contributed by atoms with van der Waals surface area (Å²) in [6.07, 6.45) is 1.52. The average molecular weight is 506 g/mol. The van der Waals surface area contributed by atoms with Gasteiger partial charge in [0.05, 0.1) is 11.1 Å². The maximum atomic E-state index is 9.71. The Labute approximate surface area is 217 Å². The van der Waals surface area contributed by atoms with Crippen LogP contribution in [0.5, 0.6) is 5.75 Å². The number of pyridine rings is 1. The molecule has 0 amide bonds. The van der Waals surface area contributed by atoms with Crippen LogP contribution >= 0.6 is 11.8 Å². The van der Waals surface area contributed by atoms with Crippen molar-refractivity contribution in [2.24, 2.45) is 0 Å². The third-order valence-electron chi connectivity index (χ3n) is 5.94. The van der Waals surface area contributed by atoms with E-state index in [9.17, 15) is 5.11 Å². The van der Waals surface area contributed by atoms with Gasteiger partial charge in [-0.05, 0) is 60.5 Å². The first-order valence-electron chi connectivity index (χ1n) is 11.9. The monoisotopic (exact) mass is 505 g/mol. The Bertz CT molecular complexity index is 1720. The van der Waals surface area contributed by atoms with Crippen LogP contribution in [0.3, 0.4) is 0 Å². The predicted molar refractivity (Wildman–Crippen MR) is 146 cm³/mol. The van der Waals surface area contributed by atoms with Crippen LogP contribution in [0.15, 0.2) is 99.4 Å². The lowest BCUT2D eigenvalue weighted by atomic mass is 10.1. The number of aromatic nitrogens is 4. The summed E-state index contributed by atoms with van der Waals surface area (Å²) in [6, 6.07) is 24.9. The number of rotatable bonds is 6. The van der Waals surface area contributed by atoms with E-state index in [4.69, 9.17) is 14.4 Å². The van der Waals surface area contributed by atoms with Crippen LogP contribution in [0.2, 0.25) is 0 Å². The second kappa shape index (κ2) is 9.55. The Kier molecular flexibility index (Phi) is 5.94. The van der Waals surface area contributed by atoms with Crippen molar-refractivity contribution in [3.05, 3.63) is 90.9 Å². The Hall–Kier alpha value is -4.43. The Morgan fingerprint density at radius 2 is 1.70 bits per heavy atom. The van der Waals surface area contributed by atoms with Crippen molar-refractivity contribution in [2.75, 3.05) is 5.32 Å². The van der Waals surface area contributed by atoms with E-state index < -0.39 is 0 Å². The molecule has 0 atom stereocenters. The van der Waals surface area contributed by atoms with E-state index in [0.717, 1.165) is 37.6 Å². The van der Waals surface area contributed by atoms with Gasteiger partial charge in [-0.25, -0.2) is 19.9 Å². The van der Waals surface area contributed by atoms with Gasteiger partial charge in [0.15, 0.2) is 11.2 Å². The largest absolute Gasteiger partial charge is 0.508 e. The molecule has 8 heteroatoms. The lowest BCUT2D eigenvalue weighted by molar-refractivity contribution is 0.475. The number of aromatic hydroxyl groups is 1. The molecule has 7 nitrogen and oxygen atoms in total. The second-order valence-corrected chi connectivity index (χ2v) is 10.0. The summed E-state index contributed by atoms with van der Waals surface area (Å²) in [4.78, 5) is 20.3. The fourth-order valence-electron chi connectivity index (χ4n) is 3.99. The molecule has 3 aromatic carbocycles. The number of nitrogens with zero attached hydrogens (tertiary/aromatic N) is 4. The van der Waals surface area contributed by atoms with Crippen molar-refractivity contribution in [1.82, 2.24) is 19.9 Å². The van der Waals surface area contributed by atoms with Crippen LogP contribution in [-0.4, -0.2) is 25.0 Å². The molecule has 2 N–H and O–H groups in total. The highest BCUT2D eigenvalue weighted by Gasteiger charge is 2.16. The zero-order chi connectivity index (χ0) is 25.4. The number of phenols is 1. The fourth-order valence-corrected chi connectivity index (χ4v) is 4.90. The Morgan fingerprint density at radius 1 is 0.892 bits per heavy atom. The number of hydrogen-bond donors (Lipinski definition) is 2. The molecule has 0 radical (unpaired) electrons. The van der Waals surface area contributed by atoms with Gasteiger partial charge in [0, 0.05) is 27.1 Å². The van der Waals surface area contributed by atoms with E-state index in [2.05, 4.69) is 29.1 Å². The lowest BCUT2D eigenvalue weighted by Crippen LogP contribution is -2.00. The molecule has 0 saturated carbocycles. The highest BCUT2D eigenvalue weighted by atomic mass is 32.2. The number of benzene rings is 3. The van der Waals surface area contributed by atoms with E-state index >= 15 is 0 Å². The van der Waals surface area contributed by atoms with Crippen molar-refractivity contribution in [1.29, 1.82) is 0 Å². The van der Waals surface area contributed by atoms with Gasteiger partial charge in [-0.1, -0.05) is 43.8 Å². The van der Waals surface area contributed by atoms with Crippen LogP contribution in [0, 0.1) is 0 Å². The van der Waals surface area contributed by atoms with E-state index in [1.165, 1.54) is 6.33 Å². The van der Waals surface area contributed by atoms with Gasteiger partial charge in [-0.2, -0.15) is 0 Å². The maximum Gasteiger partial charge on any atom is 0.227 e. The van der Waals surface area contributed by atoms with Gasteiger partial charge in [-0.3, -0.25) is 0 Å². The molecule has 0 aliphatic rings. The lowest BCUT2D eigenvalue weighted by Gasteiger charge is -2.13. The van der Waals surface area contributed by atoms with Crippen molar-refractivity contribution >= 4 is 45.4 Å². The molecule has 0 spiro atoms. The van der Waals surface area contributed by atoms with Crippen molar-refractivity contribution in [3.8, 4) is 17.2 Å². The molecule has 0 aliphatic carbocycles. The van der Waals surface area contributed by atoms with Gasteiger partial charge >= 0.3 is 0 Å². The SMILES string of the molecule is CC(C)c1ccc2c(Nc3cc4oc(-c5ccccc5)nc4cc3Sc3ccc(O)cc3)ncnc2n1. The van der Waals surface area contributed by atoms with E-state index in [-0.39, 0.29) is 5.75 Å². The molecule has 0 bridgehead atoms. The molecular formula is C29H23N5O2S. The summed E-state index contributed by atoms with van der Waals surface area (Å²) < 4.78 is 6.14. The van der Waals surface area contributed by atoms with Crippen LogP contribution in [0.4, 0.5) is 11.5 Å². The summed E-state index contributed by atoms with van der Waals surface area (Å²) >= 11 is 1.56. The first-order valence-corrected chi connectivity index (χ1v) is 12.7. The summed E-state index contributed by atoms with van der Waals surface area (Å²) in [7, 11) is 0. The van der Waals surface area contributed by atoms with E-state index in [1.807, 2.05) is 66.7 Å². The highest BCUT2D eigenvalue weighted by molar-refractivity contribution is 7.99. The van der Waals surface area contributed by atoms with Crippen LogP contribution in [0.25, 0.3) is 33.6 Å². The number of anilines is 2. The minimum atomic E-state index is 0.225. The summed E-state index contributed by atoms with van der Waals surface area (Å²) in [5.74, 6) is 1.74. The Balaban J connectivity index is 1.45. The molecule has 3 heterocycles. The van der Waals surface area contributed by atoms with Crippen molar-refractivity contribution in [2.45, 2.75) is 29.6 Å². The zero-order valence-corrected chi connectivity index (χ0v) is 21.0. The summed E-state index contributed by atoms with van der Waals surface area (Å²) in [5.41, 5.74) is 4.77. The number of oxazole rings is 1. The third kappa shape index (κ3) is 4.71. The molecule has 37 heavy (non-hydrogen) atoms. The summed E-state index contributed by atoms with van der Waals surface area (Å²) in [5, 5.41) is 14.0. The minimum Gasteiger partial charge on any atom is -0.508 e. The third-order valence-corrected chi connectivity index (χ3v) is 7.00. The topological polar surface area (TPSA) is 97.0 Å². The molecule has 3 aromatic heterocycles. The highest BCUT2D eigenvalue weighted by Crippen LogP contribution is 2.39. The van der Waals surface area contributed by atoms with Gasteiger partial charge in [0.25, 0.3) is 0 Å². The molecule has 6 rings (SSSR count). The van der Waals surface area contributed by atoms with Crippen molar-refractivity contribution < 1.29 is 9.52 Å². The van der Waals surface area contributed by atoms with Gasteiger partial charge in [0.1, 0.15) is 23.4 Å². The van der Waals surface area contributed by atoms with Gasteiger partial charge in [-0.15, -0.1) is 0 Å². The first-order chi connectivity index (χ1) is 18.0.